The molecule has 1 fully saturated rings. The molecule has 0 aromatic heterocycles. The second-order valence-electron chi connectivity index (χ2n) is 3.60. The number of hydrogen-bond acceptors (Lipinski definition) is 4. The Kier molecular flexibility index (Phi) is 2.29. The number of carbonyl (C=O) groups is 1. The van der Waals surface area contributed by atoms with E-state index in [1.807, 2.05) is 0 Å². The fraction of sp³-hybridized carbons (Fsp3) is 0.750. The number of likely N-dealkylation sites (tertiary alicyclic amines) is 1. The summed E-state index contributed by atoms with van der Waals surface area (Å²) in [6.45, 7) is 2.01. The Bertz CT molecular complexity index is 258. The first kappa shape index (κ1) is 9.02. The van der Waals surface area contributed by atoms with E-state index >= 15 is 0 Å². The number of carbonyl (C=O) groups excluding carboxylic acids is 1. The predicted octanol–water partition coefficient (Wildman–Crippen LogP) is -0.138. The van der Waals surface area contributed by atoms with Crippen molar-refractivity contribution < 1.29 is 4.79 Å². The van der Waals surface area contributed by atoms with Gasteiger partial charge in [0.2, 0.25) is 0 Å². The van der Waals surface area contributed by atoms with Crippen LogP contribution in [0.25, 0.3) is 0 Å². The van der Waals surface area contributed by atoms with Crippen LogP contribution in [0.4, 0.5) is 0 Å². The summed E-state index contributed by atoms with van der Waals surface area (Å²) in [6, 6.07) is 0.624. The number of rotatable bonds is 1. The highest BCUT2D eigenvalue weighted by atomic mass is 32.2. The van der Waals surface area contributed by atoms with Crippen LogP contribution < -0.4 is 0 Å². The molecule has 2 heterocycles. The Morgan fingerprint density at radius 3 is 2.69 bits per heavy atom. The van der Waals surface area contributed by atoms with Crippen LogP contribution in [-0.4, -0.2) is 59.9 Å². The molecule has 1 amide bonds. The molecule has 0 N–H and O–H groups in total. The van der Waals surface area contributed by atoms with Crippen molar-refractivity contribution in [2.75, 3.05) is 32.9 Å². The lowest BCUT2D eigenvalue weighted by Gasteiger charge is -2.43. The molecule has 72 valence electrons. The van der Waals surface area contributed by atoms with E-state index in [0.29, 0.717) is 11.8 Å². The molecule has 0 aromatic rings. The molecule has 2 aliphatic heterocycles. The highest BCUT2D eigenvalue weighted by molar-refractivity contribution is 8.14. The van der Waals surface area contributed by atoms with Crippen LogP contribution in [0.1, 0.15) is 0 Å². The quantitative estimate of drug-likeness (QED) is 0.589. The van der Waals surface area contributed by atoms with Crippen LogP contribution in [0, 0.1) is 0 Å². The highest BCUT2D eigenvalue weighted by Gasteiger charge is 2.33. The first-order chi connectivity index (χ1) is 6.16. The van der Waals surface area contributed by atoms with Crippen LogP contribution in [0.3, 0.4) is 0 Å². The zero-order valence-corrected chi connectivity index (χ0v) is 8.67. The number of amides is 1. The van der Waals surface area contributed by atoms with E-state index in [1.165, 1.54) is 0 Å². The maximum absolute atomic E-state index is 10.9. The van der Waals surface area contributed by atoms with Gasteiger partial charge in [0.1, 0.15) is 0 Å². The normalized spacial score (nSPS) is 23.8. The van der Waals surface area contributed by atoms with Crippen molar-refractivity contribution in [1.82, 2.24) is 9.80 Å². The predicted molar refractivity (Wildman–Crippen MR) is 53.9 cm³/mol. The number of aliphatic imine (C=N–C) groups is 1. The highest BCUT2D eigenvalue weighted by Crippen LogP contribution is 2.22. The molecule has 0 saturated carbocycles. The summed E-state index contributed by atoms with van der Waals surface area (Å²) >= 11 is 1.56. The number of likely N-dealkylation sites (N-methyl/N-ethyl adjacent to an activating group) is 1. The maximum Gasteiger partial charge on any atom is 0.258 e. The second-order valence-corrected chi connectivity index (χ2v) is 4.54. The third-order valence-corrected chi connectivity index (χ3v) is 3.41. The van der Waals surface area contributed by atoms with E-state index in [1.54, 1.807) is 11.8 Å². The summed E-state index contributed by atoms with van der Waals surface area (Å²) in [6.07, 6.45) is 0. The van der Waals surface area contributed by atoms with Crippen LogP contribution in [-0.2, 0) is 4.79 Å². The number of thioether (sulfide) groups is 1. The van der Waals surface area contributed by atoms with Gasteiger partial charge in [-0.15, -0.1) is 0 Å². The van der Waals surface area contributed by atoms with Crippen molar-refractivity contribution in [3.63, 3.8) is 0 Å². The van der Waals surface area contributed by atoms with E-state index in [9.17, 15) is 4.79 Å². The average molecular weight is 199 g/mol. The summed E-state index contributed by atoms with van der Waals surface area (Å²) in [5.74, 6) is 0.534. The molecular formula is C8H13N3OS. The van der Waals surface area contributed by atoms with Gasteiger partial charge in [-0.05, 0) is 14.1 Å². The van der Waals surface area contributed by atoms with Gasteiger partial charge in [-0.25, -0.2) is 0 Å². The van der Waals surface area contributed by atoms with Crippen molar-refractivity contribution in [2.24, 2.45) is 4.99 Å². The largest absolute Gasteiger partial charge is 0.348 e. The molecule has 5 heteroatoms. The molecule has 0 unspecified atom stereocenters. The van der Waals surface area contributed by atoms with E-state index in [-0.39, 0.29) is 5.91 Å². The molecule has 13 heavy (non-hydrogen) atoms. The zero-order chi connectivity index (χ0) is 9.42. The minimum Gasteiger partial charge on any atom is -0.348 e. The number of amidine groups is 1. The topological polar surface area (TPSA) is 35.9 Å². The van der Waals surface area contributed by atoms with Gasteiger partial charge in [0.15, 0.2) is 5.17 Å². The van der Waals surface area contributed by atoms with Gasteiger partial charge in [0.25, 0.3) is 5.91 Å². The third kappa shape index (κ3) is 1.71. The first-order valence-electron chi connectivity index (χ1n) is 4.32. The van der Waals surface area contributed by atoms with E-state index < -0.39 is 0 Å². The van der Waals surface area contributed by atoms with Gasteiger partial charge < -0.3 is 9.80 Å². The van der Waals surface area contributed by atoms with Gasteiger partial charge in [-0.2, -0.15) is 4.99 Å². The fourth-order valence-corrected chi connectivity index (χ4v) is 2.21. The fourth-order valence-electron chi connectivity index (χ4n) is 1.40. The molecule has 0 aromatic carbocycles. The second kappa shape index (κ2) is 3.31. The minimum atomic E-state index is 0.00769. The zero-order valence-electron chi connectivity index (χ0n) is 7.86. The van der Waals surface area contributed by atoms with Crippen molar-refractivity contribution in [1.29, 1.82) is 0 Å². The molecule has 0 spiro atoms. The molecule has 0 atom stereocenters. The van der Waals surface area contributed by atoms with Crippen LogP contribution in [0.5, 0.6) is 0 Å². The number of nitrogens with zero attached hydrogens (tertiary/aromatic N) is 3. The Hall–Kier alpha value is -0.550. The standard InChI is InChI=1S/C8H13N3OS/c1-10(2)6-3-11(4-6)8-9-7(12)5-13-8/h6H,3-5H2,1-2H3. The van der Waals surface area contributed by atoms with Gasteiger partial charge in [0, 0.05) is 19.1 Å². The average Bonchev–Trinajstić information content (AvgIpc) is 2.31. The maximum atomic E-state index is 10.9. The van der Waals surface area contributed by atoms with Gasteiger partial charge in [-0.3, -0.25) is 4.79 Å². The summed E-state index contributed by atoms with van der Waals surface area (Å²) in [5, 5.41) is 0.920. The van der Waals surface area contributed by atoms with E-state index in [2.05, 4.69) is 28.9 Å². The Morgan fingerprint density at radius 2 is 2.23 bits per heavy atom. The smallest absolute Gasteiger partial charge is 0.258 e. The van der Waals surface area contributed by atoms with Gasteiger partial charge in [0.05, 0.1) is 5.75 Å². The summed E-state index contributed by atoms with van der Waals surface area (Å²) in [7, 11) is 4.16. The van der Waals surface area contributed by atoms with Crippen LogP contribution >= 0.6 is 11.8 Å². The van der Waals surface area contributed by atoms with Gasteiger partial charge in [-0.1, -0.05) is 11.8 Å². The van der Waals surface area contributed by atoms with Crippen LogP contribution in [0.2, 0.25) is 0 Å². The molecule has 1 saturated heterocycles. The summed E-state index contributed by atoms with van der Waals surface area (Å²) < 4.78 is 0. The van der Waals surface area contributed by atoms with Crippen molar-refractivity contribution >= 4 is 22.8 Å². The molecule has 2 rings (SSSR count). The van der Waals surface area contributed by atoms with Crippen molar-refractivity contribution in [3.05, 3.63) is 0 Å². The SMILES string of the molecule is CN(C)C1CN(C2=NC(=O)CS2)C1. The third-order valence-electron chi connectivity index (χ3n) is 2.41. The number of hydrogen-bond donors (Lipinski definition) is 0. The monoisotopic (exact) mass is 199 g/mol. The molecule has 0 bridgehead atoms. The molecule has 4 nitrogen and oxygen atoms in total. The van der Waals surface area contributed by atoms with Crippen molar-refractivity contribution in [3.8, 4) is 0 Å². The summed E-state index contributed by atoms with van der Waals surface area (Å²) in [4.78, 5) is 19.2. The molecular weight excluding hydrogens is 186 g/mol. The van der Waals surface area contributed by atoms with E-state index in [0.717, 1.165) is 18.3 Å². The van der Waals surface area contributed by atoms with E-state index in [4.69, 9.17) is 0 Å². The lowest BCUT2D eigenvalue weighted by molar-refractivity contribution is -0.115. The molecule has 0 radical (unpaired) electrons. The first-order valence-corrected chi connectivity index (χ1v) is 5.31. The minimum absolute atomic E-state index is 0.00769. The Labute approximate surface area is 82.0 Å². The van der Waals surface area contributed by atoms with Gasteiger partial charge >= 0.3 is 0 Å². The lowest BCUT2D eigenvalue weighted by Crippen LogP contribution is -2.58. The Morgan fingerprint density at radius 1 is 1.54 bits per heavy atom. The molecule has 0 aliphatic carbocycles. The lowest BCUT2D eigenvalue weighted by atomic mass is 10.1. The molecule has 2 aliphatic rings. The van der Waals surface area contributed by atoms with Crippen molar-refractivity contribution in [2.45, 2.75) is 6.04 Å². The summed E-state index contributed by atoms with van der Waals surface area (Å²) in [5.41, 5.74) is 0. The van der Waals surface area contributed by atoms with Crippen LogP contribution in [0.15, 0.2) is 4.99 Å². The Balaban J connectivity index is 1.87.